The number of hydrogen-bond acceptors (Lipinski definition) is 2. The summed E-state index contributed by atoms with van der Waals surface area (Å²) < 4.78 is 0. The van der Waals surface area contributed by atoms with E-state index in [9.17, 15) is 0 Å². The average Bonchev–Trinajstić information content (AvgIpc) is 1.99. The van der Waals surface area contributed by atoms with Gasteiger partial charge in [0.1, 0.15) is 0 Å². The van der Waals surface area contributed by atoms with Gasteiger partial charge in [0.15, 0.2) is 0 Å². The molecule has 0 aromatic carbocycles. The van der Waals surface area contributed by atoms with Gasteiger partial charge in [-0.3, -0.25) is 0 Å². The Labute approximate surface area is 96.4 Å². The first-order valence-electron chi connectivity index (χ1n) is 6.18. The molecule has 2 nitrogen and oxygen atoms in total. The first-order valence-corrected chi connectivity index (χ1v) is 6.18. The molecule has 0 rings (SSSR count). The Hall–Kier alpha value is -0.0800. The number of nitrogens with zero attached hydrogens (tertiary/aromatic N) is 1. The van der Waals surface area contributed by atoms with E-state index in [0.29, 0.717) is 17.4 Å². The highest BCUT2D eigenvalue weighted by atomic mass is 15.1. The van der Waals surface area contributed by atoms with Crippen LogP contribution in [0.25, 0.3) is 0 Å². The van der Waals surface area contributed by atoms with Crippen LogP contribution in [0.3, 0.4) is 0 Å². The molecule has 1 atom stereocenters. The Morgan fingerprint density at radius 1 is 1.20 bits per heavy atom. The highest BCUT2D eigenvalue weighted by Gasteiger charge is 2.18. The average molecular weight is 214 g/mol. The lowest BCUT2D eigenvalue weighted by Gasteiger charge is -2.31. The minimum Gasteiger partial charge on any atom is -0.313 e. The highest BCUT2D eigenvalue weighted by molar-refractivity contribution is 4.75. The molecule has 0 saturated carbocycles. The van der Waals surface area contributed by atoms with Crippen molar-refractivity contribution in [1.29, 1.82) is 0 Å². The van der Waals surface area contributed by atoms with Crippen molar-refractivity contribution < 1.29 is 0 Å². The zero-order chi connectivity index (χ0) is 12.1. The summed E-state index contributed by atoms with van der Waals surface area (Å²) in [5.41, 5.74) is 0.391. The Morgan fingerprint density at radius 3 is 2.07 bits per heavy atom. The van der Waals surface area contributed by atoms with Gasteiger partial charge in [0.2, 0.25) is 0 Å². The fraction of sp³-hybridized carbons (Fsp3) is 1.00. The largest absolute Gasteiger partial charge is 0.313 e. The van der Waals surface area contributed by atoms with Crippen molar-refractivity contribution in [3.8, 4) is 0 Å². The van der Waals surface area contributed by atoms with Crippen molar-refractivity contribution >= 4 is 0 Å². The molecule has 0 aliphatic rings. The van der Waals surface area contributed by atoms with E-state index in [4.69, 9.17) is 0 Å². The van der Waals surface area contributed by atoms with Crippen molar-refractivity contribution in [2.24, 2.45) is 11.3 Å². The summed E-state index contributed by atoms with van der Waals surface area (Å²) in [5.74, 6) is 0.701. The van der Waals surface area contributed by atoms with Gasteiger partial charge in [-0.1, -0.05) is 41.5 Å². The van der Waals surface area contributed by atoms with Crippen molar-refractivity contribution in [2.45, 2.75) is 47.6 Å². The molecular weight excluding hydrogens is 184 g/mol. The zero-order valence-electron chi connectivity index (χ0n) is 11.7. The van der Waals surface area contributed by atoms with E-state index in [1.54, 1.807) is 0 Å². The molecule has 0 aromatic heterocycles. The van der Waals surface area contributed by atoms with Gasteiger partial charge in [-0.2, -0.15) is 0 Å². The molecular formula is C13H30N2. The van der Waals surface area contributed by atoms with Crippen LogP contribution < -0.4 is 5.32 Å². The van der Waals surface area contributed by atoms with Crippen molar-refractivity contribution in [2.75, 3.05) is 26.7 Å². The maximum absolute atomic E-state index is 3.56. The monoisotopic (exact) mass is 214 g/mol. The lowest BCUT2D eigenvalue weighted by atomic mass is 9.95. The fourth-order valence-corrected chi connectivity index (χ4v) is 1.98. The van der Waals surface area contributed by atoms with Gasteiger partial charge in [-0.25, -0.2) is 0 Å². The third kappa shape index (κ3) is 7.80. The van der Waals surface area contributed by atoms with Crippen LogP contribution in [0, 0.1) is 11.3 Å². The fourth-order valence-electron chi connectivity index (χ4n) is 1.98. The number of rotatable bonds is 6. The van der Waals surface area contributed by atoms with Gasteiger partial charge >= 0.3 is 0 Å². The lowest BCUT2D eigenvalue weighted by Crippen LogP contribution is -2.44. The first-order chi connectivity index (χ1) is 6.76. The molecule has 1 N–H and O–H groups in total. The van der Waals surface area contributed by atoms with Crippen molar-refractivity contribution in [1.82, 2.24) is 10.2 Å². The highest BCUT2D eigenvalue weighted by Crippen LogP contribution is 2.15. The molecule has 0 aliphatic heterocycles. The summed E-state index contributed by atoms with van der Waals surface area (Å²) >= 11 is 0. The minimum absolute atomic E-state index is 0.391. The Kier molecular flexibility index (Phi) is 6.46. The summed E-state index contributed by atoms with van der Waals surface area (Å²) in [7, 11) is 2.22. The van der Waals surface area contributed by atoms with E-state index in [1.165, 1.54) is 0 Å². The summed E-state index contributed by atoms with van der Waals surface area (Å²) in [6.45, 7) is 17.0. The lowest BCUT2D eigenvalue weighted by molar-refractivity contribution is 0.193. The number of hydrogen-bond donors (Lipinski definition) is 1. The molecule has 0 spiro atoms. The molecule has 0 radical (unpaired) electrons. The molecule has 15 heavy (non-hydrogen) atoms. The molecule has 1 unspecified atom stereocenters. The standard InChI is InChI=1S/C13H30N2/c1-8-14-12(11(2)3)9-15(7)10-13(4,5)6/h11-12,14H,8-10H2,1-7H3. The van der Waals surface area contributed by atoms with Gasteiger partial charge in [0.05, 0.1) is 0 Å². The second-order valence-corrected chi connectivity index (χ2v) is 6.17. The number of likely N-dealkylation sites (N-methyl/N-ethyl adjacent to an activating group) is 2. The summed E-state index contributed by atoms with van der Waals surface area (Å²) in [4.78, 5) is 2.44. The summed E-state index contributed by atoms with van der Waals surface area (Å²) in [6.07, 6.45) is 0. The Bertz CT molecular complexity index is 158. The van der Waals surface area contributed by atoms with Gasteiger partial charge in [-0.15, -0.1) is 0 Å². The maximum atomic E-state index is 3.56. The van der Waals surface area contributed by atoms with Crippen LogP contribution in [-0.2, 0) is 0 Å². The topological polar surface area (TPSA) is 15.3 Å². The van der Waals surface area contributed by atoms with Crippen LogP contribution in [0.2, 0.25) is 0 Å². The maximum Gasteiger partial charge on any atom is 0.0217 e. The van der Waals surface area contributed by atoms with Crippen LogP contribution >= 0.6 is 0 Å². The van der Waals surface area contributed by atoms with Gasteiger partial charge in [0.25, 0.3) is 0 Å². The molecule has 0 heterocycles. The van der Waals surface area contributed by atoms with E-state index >= 15 is 0 Å². The van der Waals surface area contributed by atoms with Gasteiger partial charge in [0, 0.05) is 19.1 Å². The predicted molar refractivity (Wildman–Crippen MR) is 69.3 cm³/mol. The summed E-state index contributed by atoms with van der Waals surface area (Å²) in [6, 6.07) is 0.613. The van der Waals surface area contributed by atoms with Crippen molar-refractivity contribution in [3.63, 3.8) is 0 Å². The van der Waals surface area contributed by atoms with Crippen molar-refractivity contribution in [3.05, 3.63) is 0 Å². The molecule has 0 fully saturated rings. The van der Waals surface area contributed by atoms with Crippen LogP contribution in [0.1, 0.15) is 41.5 Å². The first kappa shape index (κ1) is 14.9. The predicted octanol–water partition coefficient (Wildman–Crippen LogP) is 2.60. The molecule has 2 heteroatoms. The van der Waals surface area contributed by atoms with E-state index in [1.807, 2.05) is 0 Å². The minimum atomic E-state index is 0.391. The molecule has 0 amide bonds. The third-order valence-corrected chi connectivity index (χ3v) is 2.52. The molecule has 92 valence electrons. The van der Waals surface area contributed by atoms with E-state index in [0.717, 1.165) is 19.6 Å². The number of nitrogens with one attached hydrogen (secondary N) is 1. The normalized spacial score (nSPS) is 15.0. The third-order valence-electron chi connectivity index (χ3n) is 2.52. The van der Waals surface area contributed by atoms with E-state index < -0.39 is 0 Å². The van der Waals surface area contributed by atoms with Crippen LogP contribution in [-0.4, -0.2) is 37.6 Å². The SMILES string of the molecule is CCNC(CN(C)CC(C)(C)C)C(C)C. The van der Waals surface area contributed by atoms with Gasteiger partial charge in [-0.05, 0) is 24.9 Å². The smallest absolute Gasteiger partial charge is 0.0217 e. The second kappa shape index (κ2) is 6.49. The van der Waals surface area contributed by atoms with Crippen LogP contribution in [0.4, 0.5) is 0 Å². The molecule has 0 aliphatic carbocycles. The Morgan fingerprint density at radius 2 is 1.73 bits per heavy atom. The Balaban J connectivity index is 4.05. The van der Waals surface area contributed by atoms with E-state index in [-0.39, 0.29) is 0 Å². The van der Waals surface area contributed by atoms with Crippen LogP contribution in [0.5, 0.6) is 0 Å². The van der Waals surface area contributed by atoms with Crippen LogP contribution in [0.15, 0.2) is 0 Å². The van der Waals surface area contributed by atoms with Gasteiger partial charge < -0.3 is 10.2 Å². The van der Waals surface area contributed by atoms with E-state index in [2.05, 4.69) is 58.8 Å². The molecule has 0 aromatic rings. The molecule has 0 bridgehead atoms. The zero-order valence-corrected chi connectivity index (χ0v) is 11.7. The quantitative estimate of drug-likeness (QED) is 0.731. The molecule has 0 saturated heterocycles. The summed E-state index contributed by atoms with van der Waals surface area (Å²) in [5, 5.41) is 3.56. The second-order valence-electron chi connectivity index (χ2n) is 6.17.